The number of hydrogen-bond acceptors (Lipinski definition) is 6. The van der Waals surface area contributed by atoms with E-state index in [1.807, 2.05) is 135 Å². The third kappa shape index (κ3) is 8.82. The summed E-state index contributed by atoms with van der Waals surface area (Å²) in [6.07, 6.45) is 0. The summed E-state index contributed by atoms with van der Waals surface area (Å²) < 4.78 is 37.0. The molecule has 0 radical (unpaired) electrons. The molecule has 0 amide bonds. The Morgan fingerprint density at radius 3 is 0.769 bits per heavy atom. The molecule has 1 fully saturated rings. The van der Waals surface area contributed by atoms with Crippen molar-refractivity contribution in [1.82, 2.24) is 0 Å². The topological polar surface area (TPSA) is 55.4 Å². The van der Waals surface area contributed by atoms with Crippen LogP contribution in [-0.4, -0.2) is 38.2 Å². The lowest BCUT2D eigenvalue weighted by Gasteiger charge is -2.32. The van der Waals surface area contributed by atoms with Crippen molar-refractivity contribution in [1.29, 1.82) is 0 Å². The van der Waals surface area contributed by atoms with Gasteiger partial charge in [-0.2, -0.15) is 0 Å². The normalized spacial score (nSPS) is 14.8. The van der Waals surface area contributed by atoms with Crippen molar-refractivity contribution in [3.05, 3.63) is 72.8 Å². The zero-order chi connectivity index (χ0) is 28.4. The molecule has 39 heavy (non-hydrogen) atoms. The van der Waals surface area contributed by atoms with Crippen molar-refractivity contribution in [3.63, 3.8) is 0 Å². The summed E-state index contributed by atoms with van der Waals surface area (Å²) in [5, 5.41) is 0. The fourth-order valence-corrected chi connectivity index (χ4v) is 4.04. The molecule has 0 N–H and O–H groups in total. The third-order valence-electron chi connectivity index (χ3n) is 5.47. The predicted octanol–water partition coefficient (Wildman–Crippen LogP) is 4.77. The molecular weight excluding hydrogens is 489 g/mol. The second-order valence-electron chi connectivity index (χ2n) is 12.8. The van der Waals surface area contributed by atoms with Crippen molar-refractivity contribution in [2.45, 2.75) is 79.1 Å². The standard InChI is InChI=1S/C30H39B3O6/c1-28(2,3)34-25-16-10-22(11-17-25)31-37-32(23-12-18-26(19-13-23)35-29(4,5)6)39-33(38-31)24-14-20-27(21-15-24)36-30(7,8)9/h10-21H,1-9H3. The van der Waals surface area contributed by atoms with E-state index >= 15 is 0 Å². The maximum absolute atomic E-state index is 6.33. The van der Waals surface area contributed by atoms with Crippen LogP contribution in [0.25, 0.3) is 0 Å². The van der Waals surface area contributed by atoms with Gasteiger partial charge in [0.2, 0.25) is 0 Å². The van der Waals surface area contributed by atoms with Crippen LogP contribution in [0, 0.1) is 0 Å². The van der Waals surface area contributed by atoms with E-state index in [0.29, 0.717) is 0 Å². The summed E-state index contributed by atoms with van der Waals surface area (Å²) in [4.78, 5) is 0. The van der Waals surface area contributed by atoms with Crippen molar-refractivity contribution in [2.24, 2.45) is 0 Å². The minimum Gasteiger partial charge on any atom is -0.488 e. The highest BCUT2D eigenvalue weighted by atomic mass is 16.7. The molecule has 0 aromatic heterocycles. The summed E-state index contributed by atoms with van der Waals surface area (Å²) in [5.74, 6) is 2.36. The lowest BCUT2D eigenvalue weighted by atomic mass is 9.61. The Morgan fingerprint density at radius 1 is 0.385 bits per heavy atom. The van der Waals surface area contributed by atoms with Crippen LogP contribution in [0.4, 0.5) is 0 Å². The highest BCUT2D eigenvalue weighted by molar-refractivity contribution is 6.87. The van der Waals surface area contributed by atoms with E-state index in [0.717, 1.165) is 33.6 Å². The fraction of sp³-hybridized carbons (Fsp3) is 0.400. The molecule has 0 aliphatic carbocycles. The van der Waals surface area contributed by atoms with Gasteiger partial charge in [0.25, 0.3) is 0 Å². The zero-order valence-corrected chi connectivity index (χ0v) is 24.6. The minimum absolute atomic E-state index is 0.283. The van der Waals surface area contributed by atoms with Gasteiger partial charge in [-0.3, -0.25) is 0 Å². The number of rotatable bonds is 6. The van der Waals surface area contributed by atoms with Crippen LogP contribution in [0.2, 0.25) is 0 Å². The molecule has 0 atom stereocenters. The van der Waals surface area contributed by atoms with Gasteiger partial charge in [0.05, 0.1) is 0 Å². The van der Waals surface area contributed by atoms with Gasteiger partial charge in [-0.1, -0.05) is 36.4 Å². The molecule has 3 aromatic carbocycles. The predicted molar refractivity (Wildman–Crippen MR) is 160 cm³/mol. The quantitative estimate of drug-likeness (QED) is 0.431. The highest BCUT2D eigenvalue weighted by Crippen LogP contribution is 2.21. The molecule has 4 rings (SSSR count). The van der Waals surface area contributed by atoms with Gasteiger partial charge >= 0.3 is 21.4 Å². The average Bonchev–Trinajstić information content (AvgIpc) is 2.82. The summed E-state index contributed by atoms with van der Waals surface area (Å²) >= 11 is 0. The van der Waals surface area contributed by atoms with E-state index in [4.69, 9.17) is 27.9 Å². The van der Waals surface area contributed by atoms with Gasteiger partial charge in [-0.15, -0.1) is 0 Å². The molecule has 3 aromatic rings. The summed E-state index contributed by atoms with van der Waals surface area (Å²) in [6.45, 7) is 18.2. The van der Waals surface area contributed by atoms with Crippen LogP contribution in [0.5, 0.6) is 17.2 Å². The van der Waals surface area contributed by atoms with Gasteiger partial charge in [-0.25, -0.2) is 0 Å². The molecule has 204 valence electrons. The van der Waals surface area contributed by atoms with Crippen LogP contribution in [-0.2, 0) is 13.7 Å². The molecule has 0 bridgehead atoms. The Balaban J connectivity index is 1.59. The second-order valence-corrected chi connectivity index (χ2v) is 12.8. The molecule has 1 heterocycles. The monoisotopic (exact) mass is 528 g/mol. The molecule has 0 saturated carbocycles. The second kappa shape index (κ2) is 11.3. The maximum Gasteiger partial charge on any atom is 0.467 e. The Labute approximate surface area is 234 Å². The minimum atomic E-state index is -0.645. The van der Waals surface area contributed by atoms with Crippen molar-refractivity contribution >= 4 is 37.7 Å². The maximum atomic E-state index is 6.33. The van der Waals surface area contributed by atoms with E-state index in [2.05, 4.69) is 0 Å². The number of hydrogen-bond donors (Lipinski definition) is 0. The first-order chi connectivity index (χ1) is 18.1. The van der Waals surface area contributed by atoms with Crippen molar-refractivity contribution in [3.8, 4) is 17.2 Å². The Hall–Kier alpha value is -2.87. The zero-order valence-electron chi connectivity index (χ0n) is 24.6. The van der Waals surface area contributed by atoms with Crippen LogP contribution in [0.3, 0.4) is 0 Å². The first kappa shape index (κ1) is 29.1. The largest absolute Gasteiger partial charge is 0.488 e. The molecule has 6 nitrogen and oxygen atoms in total. The third-order valence-corrected chi connectivity index (χ3v) is 5.47. The van der Waals surface area contributed by atoms with Gasteiger partial charge in [0, 0.05) is 0 Å². The molecule has 1 aliphatic rings. The lowest BCUT2D eigenvalue weighted by molar-refractivity contribution is 0.130. The van der Waals surface area contributed by atoms with Crippen molar-refractivity contribution in [2.75, 3.05) is 0 Å². The first-order valence-electron chi connectivity index (χ1n) is 13.5. The average molecular weight is 528 g/mol. The molecule has 9 heteroatoms. The van der Waals surface area contributed by atoms with Crippen LogP contribution in [0.1, 0.15) is 62.3 Å². The van der Waals surface area contributed by atoms with E-state index in [1.165, 1.54) is 0 Å². The molecule has 0 spiro atoms. The highest BCUT2D eigenvalue weighted by Gasteiger charge is 2.43. The van der Waals surface area contributed by atoms with Gasteiger partial charge in [0.1, 0.15) is 34.1 Å². The fourth-order valence-electron chi connectivity index (χ4n) is 4.04. The Morgan fingerprint density at radius 2 is 0.590 bits per heavy atom. The molecular formula is C30H39B3O6. The molecule has 1 aliphatic heterocycles. The van der Waals surface area contributed by atoms with E-state index in [-0.39, 0.29) is 16.8 Å². The SMILES string of the molecule is CC(C)(C)Oc1ccc(B2OB(c3ccc(OC(C)(C)C)cc3)OB(c3ccc(OC(C)(C)C)cc3)O2)cc1. The first-order valence-corrected chi connectivity index (χ1v) is 13.5. The van der Waals surface area contributed by atoms with Gasteiger partial charge < -0.3 is 27.9 Å². The van der Waals surface area contributed by atoms with E-state index in [9.17, 15) is 0 Å². The van der Waals surface area contributed by atoms with Crippen LogP contribution in [0.15, 0.2) is 72.8 Å². The molecule has 0 unspecified atom stereocenters. The van der Waals surface area contributed by atoms with Crippen molar-refractivity contribution < 1.29 is 27.9 Å². The van der Waals surface area contributed by atoms with Crippen LogP contribution >= 0.6 is 0 Å². The summed E-state index contributed by atoms with van der Waals surface area (Å²) in [5.41, 5.74) is 1.76. The smallest absolute Gasteiger partial charge is 0.467 e. The lowest BCUT2D eigenvalue weighted by Crippen LogP contribution is -2.61. The Kier molecular flexibility index (Phi) is 8.45. The van der Waals surface area contributed by atoms with Crippen LogP contribution < -0.4 is 30.6 Å². The summed E-state index contributed by atoms with van der Waals surface area (Å²) in [7, 11) is -1.93. The number of ether oxygens (including phenoxy) is 3. The van der Waals surface area contributed by atoms with Gasteiger partial charge in [0.15, 0.2) is 0 Å². The van der Waals surface area contributed by atoms with E-state index in [1.54, 1.807) is 0 Å². The molecule has 1 saturated heterocycles. The number of benzene rings is 3. The Bertz CT molecular complexity index is 1050. The van der Waals surface area contributed by atoms with Gasteiger partial charge in [-0.05, 0) is 115 Å². The van der Waals surface area contributed by atoms with E-state index < -0.39 is 21.4 Å². The summed E-state index contributed by atoms with van der Waals surface area (Å²) in [6, 6.07) is 23.4.